The molecule has 1 aromatic heterocycles. The van der Waals surface area contributed by atoms with E-state index >= 15 is 0 Å². The van der Waals surface area contributed by atoms with Crippen LogP contribution < -0.4 is 0 Å². The topological polar surface area (TPSA) is 13.1 Å². The molecular weight excluding hydrogens is 244 g/mol. The minimum atomic E-state index is 0.336. The molecule has 0 saturated heterocycles. The number of hydrogen-bond acceptors (Lipinski definition) is 1. The van der Waals surface area contributed by atoms with Crippen molar-refractivity contribution in [3.8, 4) is 0 Å². The Balaban J connectivity index is 1.90. The van der Waals surface area contributed by atoms with Gasteiger partial charge in [0.15, 0.2) is 0 Å². The van der Waals surface area contributed by atoms with Crippen LogP contribution in [0.15, 0.2) is 59.0 Å². The van der Waals surface area contributed by atoms with Crippen molar-refractivity contribution in [2.24, 2.45) is 0 Å². The summed E-state index contributed by atoms with van der Waals surface area (Å²) in [6.45, 7) is 2.12. The van der Waals surface area contributed by atoms with E-state index in [1.807, 2.05) is 12.1 Å². The van der Waals surface area contributed by atoms with E-state index in [0.717, 1.165) is 17.8 Å². The average Bonchev–Trinajstić information content (AvgIpc) is 2.87. The fourth-order valence-electron chi connectivity index (χ4n) is 3.03. The summed E-state index contributed by atoms with van der Waals surface area (Å²) in [5.41, 5.74) is 4.86. The summed E-state index contributed by atoms with van der Waals surface area (Å²) in [7, 11) is 0. The first kappa shape index (κ1) is 11.5. The van der Waals surface area contributed by atoms with Crippen LogP contribution in [0.5, 0.6) is 0 Å². The third-order valence-electron chi connectivity index (χ3n) is 4.12. The number of para-hydroxylation sites is 1. The quantitative estimate of drug-likeness (QED) is 0.579. The van der Waals surface area contributed by atoms with Crippen LogP contribution in [0.2, 0.25) is 0 Å². The molecule has 0 fully saturated rings. The summed E-state index contributed by atoms with van der Waals surface area (Å²) in [5, 5.41) is 1.22. The molecule has 1 heterocycles. The molecule has 0 bridgehead atoms. The van der Waals surface area contributed by atoms with Crippen LogP contribution in [0, 0.1) is 6.92 Å². The lowest BCUT2D eigenvalue weighted by Gasteiger charge is -2.17. The molecule has 0 N–H and O–H groups in total. The van der Waals surface area contributed by atoms with Gasteiger partial charge in [-0.3, -0.25) is 0 Å². The lowest BCUT2D eigenvalue weighted by molar-refractivity contribution is 0.516. The van der Waals surface area contributed by atoms with Gasteiger partial charge in [0, 0.05) is 16.9 Å². The van der Waals surface area contributed by atoms with Crippen molar-refractivity contribution in [2.75, 3.05) is 0 Å². The Kier molecular flexibility index (Phi) is 2.53. The molecule has 1 unspecified atom stereocenters. The zero-order valence-corrected chi connectivity index (χ0v) is 11.5. The molecule has 0 aliphatic heterocycles. The largest absolute Gasteiger partial charge is 0.460 e. The minimum Gasteiger partial charge on any atom is -0.460 e. The lowest BCUT2D eigenvalue weighted by atomic mass is 9.86. The van der Waals surface area contributed by atoms with Crippen molar-refractivity contribution in [3.05, 3.63) is 77.1 Å². The molecule has 0 spiro atoms. The monoisotopic (exact) mass is 260 g/mol. The van der Waals surface area contributed by atoms with Crippen LogP contribution >= 0.6 is 0 Å². The highest BCUT2D eigenvalue weighted by Gasteiger charge is 2.24. The standard InChI is InChI=1S/C19H16O/c1-13-9-11-14(12-10-13)15-6-4-7-17-16-5-2-3-8-18(16)20-19(15)17/h2-5,7-12,15H,6H2,1H3. The van der Waals surface area contributed by atoms with E-state index in [0.29, 0.717) is 5.92 Å². The zero-order valence-electron chi connectivity index (χ0n) is 11.5. The van der Waals surface area contributed by atoms with Gasteiger partial charge in [-0.05, 0) is 25.0 Å². The molecule has 1 aliphatic carbocycles. The van der Waals surface area contributed by atoms with Crippen LogP contribution in [-0.4, -0.2) is 0 Å². The molecule has 2 aromatic carbocycles. The number of furan rings is 1. The van der Waals surface area contributed by atoms with E-state index in [9.17, 15) is 0 Å². The Morgan fingerprint density at radius 1 is 1.00 bits per heavy atom. The highest BCUT2D eigenvalue weighted by molar-refractivity contribution is 5.89. The zero-order chi connectivity index (χ0) is 13.5. The number of allylic oxidation sites excluding steroid dienone is 1. The van der Waals surface area contributed by atoms with Gasteiger partial charge < -0.3 is 4.42 Å². The van der Waals surface area contributed by atoms with Gasteiger partial charge in [0.1, 0.15) is 11.3 Å². The fourth-order valence-corrected chi connectivity index (χ4v) is 3.03. The van der Waals surface area contributed by atoms with Gasteiger partial charge in [-0.15, -0.1) is 0 Å². The van der Waals surface area contributed by atoms with Crippen LogP contribution in [0.3, 0.4) is 0 Å². The Morgan fingerprint density at radius 2 is 1.80 bits per heavy atom. The summed E-state index contributed by atoms with van der Waals surface area (Å²) in [4.78, 5) is 0. The number of hydrogen-bond donors (Lipinski definition) is 0. The van der Waals surface area contributed by atoms with E-state index in [2.05, 4.69) is 55.5 Å². The minimum absolute atomic E-state index is 0.336. The predicted molar refractivity (Wildman–Crippen MR) is 82.9 cm³/mol. The van der Waals surface area contributed by atoms with Crippen LogP contribution in [0.4, 0.5) is 0 Å². The Bertz CT molecular complexity index is 790. The molecule has 0 amide bonds. The summed E-state index contributed by atoms with van der Waals surface area (Å²) >= 11 is 0. The van der Waals surface area contributed by atoms with E-state index < -0.39 is 0 Å². The number of benzene rings is 2. The Labute approximate surface area is 118 Å². The maximum atomic E-state index is 6.14. The van der Waals surface area contributed by atoms with E-state index in [1.54, 1.807) is 0 Å². The second-order valence-electron chi connectivity index (χ2n) is 5.48. The first-order valence-electron chi connectivity index (χ1n) is 7.07. The molecule has 0 saturated carbocycles. The summed E-state index contributed by atoms with van der Waals surface area (Å²) in [6, 6.07) is 17.1. The summed E-state index contributed by atoms with van der Waals surface area (Å²) in [5.74, 6) is 1.44. The number of rotatable bonds is 1. The normalized spacial score (nSPS) is 17.4. The molecule has 1 aliphatic rings. The molecule has 4 rings (SSSR count). The van der Waals surface area contributed by atoms with Gasteiger partial charge in [0.25, 0.3) is 0 Å². The fraction of sp³-hybridized carbons (Fsp3) is 0.158. The molecule has 3 aromatic rings. The smallest absolute Gasteiger partial charge is 0.134 e. The molecule has 0 radical (unpaired) electrons. The maximum Gasteiger partial charge on any atom is 0.134 e. The van der Waals surface area contributed by atoms with Crippen LogP contribution in [0.25, 0.3) is 17.0 Å². The second kappa shape index (κ2) is 4.38. The third kappa shape index (κ3) is 1.70. The first-order valence-corrected chi connectivity index (χ1v) is 7.07. The van der Waals surface area contributed by atoms with Crippen molar-refractivity contribution in [1.82, 2.24) is 0 Å². The number of fused-ring (bicyclic) bond motifs is 3. The highest BCUT2D eigenvalue weighted by atomic mass is 16.3. The molecule has 98 valence electrons. The van der Waals surface area contributed by atoms with Crippen molar-refractivity contribution < 1.29 is 4.42 Å². The van der Waals surface area contributed by atoms with E-state index in [1.165, 1.54) is 22.1 Å². The van der Waals surface area contributed by atoms with Gasteiger partial charge in [-0.1, -0.05) is 60.2 Å². The summed E-state index contributed by atoms with van der Waals surface area (Å²) in [6.07, 6.45) is 5.47. The third-order valence-corrected chi connectivity index (χ3v) is 4.12. The van der Waals surface area contributed by atoms with Crippen molar-refractivity contribution >= 4 is 17.0 Å². The molecular formula is C19H16O. The Morgan fingerprint density at radius 3 is 2.65 bits per heavy atom. The Hall–Kier alpha value is -2.28. The molecule has 1 atom stereocenters. The average molecular weight is 260 g/mol. The van der Waals surface area contributed by atoms with Gasteiger partial charge in [-0.2, -0.15) is 0 Å². The van der Waals surface area contributed by atoms with Crippen LogP contribution in [-0.2, 0) is 0 Å². The first-order chi connectivity index (χ1) is 9.83. The molecule has 20 heavy (non-hydrogen) atoms. The highest BCUT2D eigenvalue weighted by Crippen LogP contribution is 2.40. The summed E-state index contributed by atoms with van der Waals surface area (Å²) < 4.78 is 6.14. The van der Waals surface area contributed by atoms with Gasteiger partial charge >= 0.3 is 0 Å². The number of aryl methyl sites for hydroxylation is 1. The van der Waals surface area contributed by atoms with Crippen molar-refractivity contribution in [3.63, 3.8) is 0 Å². The van der Waals surface area contributed by atoms with Crippen molar-refractivity contribution in [1.29, 1.82) is 0 Å². The van der Waals surface area contributed by atoms with Crippen molar-refractivity contribution in [2.45, 2.75) is 19.3 Å². The van der Waals surface area contributed by atoms with Gasteiger partial charge in [0.05, 0.1) is 0 Å². The SMILES string of the molecule is Cc1ccc(C2CC=Cc3c2oc2ccccc32)cc1. The molecule has 1 nitrogen and oxygen atoms in total. The molecule has 1 heteroatoms. The predicted octanol–water partition coefficient (Wildman–Crippen LogP) is 5.29. The lowest BCUT2D eigenvalue weighted by Crippen LogP contribution is -2.03. The van der Waals surface area contributed by atoms with Crippen LogP contribution in [0.1, 0.15) is 34.8 Å². The van der Waals surface area contributed by atoms with E-state index in [-0.39, 0.29) is 0 Å². The van der Waals surface area contributed by atoms with E-state index in [4.69, 9.17) is 4.42 Å². The maximum absolute atomic E-state index is 6.14. The second-order valence-corrected chi connectivity index (χ2v) is 5.48. The van der Waals surface area contributed by atoms with Gasteiger partial charge in [-0.25, -0.2) is 0 Å². The van der Waals surface area contributed by atoms with Gasteiger partial charge in [0.2, 0.25) is 0 Å².